The summed E-state index contributed by atoms with van der Waals surface area (Å²) < 4.78 is 40.7. The fourth-order valence-electron chi connectivity index (χ4n) is 6.73. The van der Waals surface area contributed by atoms with Gasteiger partial charge in [0, 0.05) is 52.0 Å². The van der Waals surface area contributed by atoms with Crippen molar-refractivity contribution < 1.29 is 27.5 Å². The van der Waals surface area contributed by atoms with Crippen LogP contribution in [0.1, 0.15) is 63.7 Å². The predicted molar refractivity (Wildman–Crippen MR) is 186 cm³/mol. The molecule has 258 valence electrons. The molecule has 1 unspecified atom stereocenters. The molecule has 2 aliphatic rings. The van der Waals surface area contributed by atoms with E-state index in [2.05, 4.69) is 50.7 Å². The number of aromatic nitrogens is 2. The monoisotopic (exact) mass is 686 g/mol. The zero-order valence-corrected chi connectivity index (χ0v) is 29.0. The third-order valence-corrected chi connectivity index (χ3v) is 10.8. The number of carbonyl (C=O) groups is 2. The molecule has 13 heteroatoms. The lowest BCUT2D eigenvalue weighted by molar-refractivity contribution is 0.0572. The second-order valence-electron chi connectivity index (χ2n) is 12.3. The molecular formula is C36H42N6O6S. The largest absolute Gasteiger partial charge is 0.493 e. The van der Waals surface area contributed by atoms with Gasteiger partial charge in [-0.25, -0.2) is 18.1 Å². The van der Waals surface area contributed by atoms with Crippen LogP contribution in [-0.4, -0.2) is 86.5 Å². The number of piperazine rings is 1. The fraction of sp³-hybridized carbons (Fsp3) is 0.361. The zero-order chi connectivity index (χ0) is 34.7. The van der Waals surface area contributed by atoms with E-state index in [0.717, 1.165) is 18.8 Å². The van der Waals surface area contributed by atoms with Gasteiger partial charge in [-0.2, -0.15) is 0 Å². The van der Waals surface area contributed by atoms with Gasteiger partial charge >= 0.3 is 0 Å². The normalized spacial score (nSPS) is 16.5. The number of anilines is 1. The Kier molecular flexibility index (Phi) is 10.0. The van der Waals surface area contributed by atoms with E-state index in [9.17, 15) is 18.0 Å². The number of sulfonamides is 1. The maximum atomic E-state index is 14.4. The first-order chi connectivity index (χ1) is 23.6. The van der Waals surface area contributed by atoms with Gasteiger partial charge in [0.15, 0.2) is 16.5 Å². The number of methoxy groups -OCH3 is 2. The summed E-state index contributed by atoms with van der Waals surface area (Å²) in [4.78, 5) is 38.4. The minimum atomic E-state index is -3.82. The molecule has 0 bridgehead atoms. The summed E-state index contributed by atoms with van der Waals surface area (Å²) in [5, 5.41) is -0.0744. The SMILES string of the molecule is COc1ccc(C(CCCNS(=O)(=O)c2cn(C)cn2)N2C(=O)c3cccc(N4CCN([C@H](C)c5ccccc5)CC4)c3C2=O)cc1OC. The lowest BCUT2D eigenvalue weighted by Gasteiger charge is -2.39. The second-order valence-corrected chi connectivity index (χ2v) is 14.1. The molecule has 1 N–H and O–H groups in total. The Morgan fingerprint density at radius 3 is 2.29 bits per heavy atom. The van der Waals surface area contributed by atoms with Gasteiger partial charge in [-0.1, -0.05) is 42.5 Å². The van der Waals surface area contributed by atoms with Crippen LogP contribution in [0.3, 0.4) is 0 Å². The maximum Gasteiger partial charge on any atom is 0.264 e. The van der Waals surface area contributed by atoms with E-state index < -0.39 is 16.1 Å². The molecule has 2 atom stereocenters. The van der Waals surface area contributed by atoms with Crippen LogP contribution in [0.5, 0.6) is 11.5 Å². The number of imide groups is 1. The fourth-order valence-corrected chi connectivity index (χ4v) is 7.78. The van der Waals surface area contributed by atoms with E-state index in [4.69, 9.17) is 9.47 Å². The summed E-state index contributed by atoms with van der Waals surface area (Å²) in [6, 6.07) is 20.8. The second kappa shape index (κ2) is 14.4. The number of fused-ring (bicyclic) bond motifs is 1. The van der Waals surface area contributed by atoms with Crippen molar-refractivity contribution in [2.45, 2.75) is 36.9 Å². The first kappa shape index (κ1) is 34.2. The quantitative estimate of drug-likeness (QED) is 0.161. The zero-order valence-electron chi connectivity index (χ0n) is 28.2. The van der Waals surface area contributed by atoms with Crippen LogP contribution in [-0.2, 0) is 17.1 Å². The summed E-state index contributed by atoms with van der Waals surface area (Å²) in [6.45, 7) is 5.35. The minimum absolute atomic E-state index is 0.0744. The molecule has 2 amide bonds. The summed E-state index contributed by atoms with van der Waals surface area (Å²) in [5.74, 6) is 0.218. The first-order valence-electron chi connectivity index (χ1n) is 16.4. The number of hydrogen-bond acceptors (Lipinski definition) is 9. The van der Waals surface area contributed by atoms with E-state index in [-0.39, 0.29) is 29.4 Å². The highest BCUT2D eigenvalue weighted by atomic mass is 32.2. The first-order valence-corrected chi connectivity index (χ1v) is 17.9. The van der Waals surface area contributed by atoms with Gasteiger partial charge in [0.05, 0.1) is 43.4 Å². The van der Waals surface area contributed by atoms with Crippen LogP contribution in [0, 0.1) is 0 Å². The number of nitrogens with zero attached hydrogens (tertiary/aromatic N) is 5. The highest BCUT2D eigenvalue weighted by Crippen LogP contribution is 2.40. The number of ether oxygens (including phenoxy) is 2. The van der Waals surface area contributed by atoms with E-state index in [0.29, 0.717) is 54.1 Å². The summed E-state index contributed by atoms with van der Waals surface area (Å²) >= 11 is 0. The molecule has 0 aliphatic carbocycles. The van der Waals surface area contributed by atoms with Gasteiger partial charge < -0.3 is 18.9 Å². The standard InChI is InChI=1S/C36H42N6O6S/c1-25(26-10-6-5-7-11-26)40-18-20-41(21-19-40)30-13-8-12-28-34(30)36(44)42(35(28)43)29(27-15-16-31(47-3)32(22-27)48-4)14-9-17-38-49(45,46)33-23-39(2)24-37-33/h5-8,10-13,15-16,22-25,29,38H,9,14,17-21H2,1-4H3/t25-,29?/m1/s1. The van der Waals surface area contributed by atoms with Crippen molar-refractivity contribution in [2.75, 3.05) is 51.8 Å². The van der Waals surface area contributed by atoms with Crippen molar-refractivity contribution >= 4 is 27.5 Å². The molecular weight excluding hydrogens is 644 g/mol. The molecule has 0 spiro atoms. The van der Waals surface area contributed by atoms with Crippen molar-refractivity contribution in [3.8, 4) is 11.5 Å². The number of carbonyl (C=O) groups excluding carboxylic acids is 2. The minimum Gasteiger partial charge on any atom is -0.493 e. The topological polar surface area (TPSA) is 126 Å². The summed E-state index contributed by atoms with van der Waals surface area (Å²) in [7, 11) is 0.934. The molecule has 3 heterocycles. The van der Waals surface area contributed by atoms with E-state index in [1.54, 1.807) is 29.8 Å². The van der Waals surface area contributed by atoms with Crippen LogP contribution >= 0.6 is 0 Å². The third kappa shape index (κ3) is 6.91. The van der Waals surface area contributed by atoms with Crippen molar-refractivity contribution in [3.05, 3.63) is 102 Å². The van der Waals surface area contributed by atoms with Crippen LogP contribution in [0.15, 0.2) is 84.3 Å². The molecule has 4 aromatic rings. The highest BCUT2D eigenvalue weighted by Gasteiger charge is 2.43. The number of imidazole rings is 1. The summed E-state index contributed by atoms with van der Waals surface area (Å²) in [5.41, 5.74) is 3.45. The van der Waals surface area contributed by atoms with Crippen molar-refractivity contribution in [1.29, 1.82) is 0 Å². The summed E-state index contributed by atoms with van der Waals surface area (Å²) in [6.07, 6.45) is 3.49. The number of hydrogen-bond donors (Lipinski definition) is 1. The molecule has 49 heavy (non-hydrogen) atoms. The molecule has 1 saturated heterocycles. The van der Waals surface area contributed by atoms with Gasteiger partial charge in [0.2, 0.25) is 0 Å². The number of aryl methyl sites for hydroxylation is 1. The Hall–Kier alpha value is -4.72. The van der Waals surface area contributed by atoms with Crippen LogP contribution < -0.4 is 19.1 Å². The molecule has 1 fully saturated rings. The van der Waals surface area contributed by atoms with E-state index >= 15 is 0 Å². The van der Waals surface area contributed by atoms with Crippen molar-refractivity contribution in [2.24, 2.45) is 7.05 Å². The number of nitrogens with one attached hydrogen (secondary N) is 1. The van der Waals surface area contributed by atoms with Gasteiger partial charge in [-0.15, -0.1) is 0 Å². The number of rotatable bonds is 13. The molecule has 0 saturated carbocycles. The van der Waals surface area contributed by atoms with E-state index in [1.807, 2.05) is 24.3 Å². The van der Waals surface area contributed by atoms with Gasteiger partial charge in [-0.3, -0.25) is 19.4 Å². The smallest absolute Gasteiger partial charge is 0.264 e. The van der Waals surface area contributed by atoms with Crippen molar-refractivity contribution in [3.63, 3.8) is 0 Å². The molecule has 0 radical (unpaired) electrons. The average molecular weight is 687 g/mol. The molecule has 1 aromatic heterocycles. The van der Waals surface area contributed by atoms with Crippen molar-refractivity contribution in [1.82, 2.24) is 24.1 Å². The highest BCUT2D eigenvalue weighted by molar-refractivity contribution is 7.89. The van der Waals surface area contributed by atoms with Crippen LogP contribution in [0.25, 0.3) is 0 Å². The molecule has 2 aliphatic heterocycles. The Morgan fingerprint density at radius 1 is 0.878 bits per heavy atom. The van der Waals surface area contributed by atoms with E-state index in [1.165, 1.54) is 37.2 Å². The van der Waals surface area contributed by atoms with Gasteiger partial charge in [0.1, 0.15) is 0 Å². The van der Waals surface area contributed by atoms with Gasteiger partial charge in [-0.05, 0) is 55.2 Å². The molecule has 6 rings (SSSR count). The van der Waals surface area contributed by atoms with Gasteiger partial charge in [0.25, 0.3) is 21.8 Å². The number of benzene rings is 3. The molecule has 12 nitrogen and oxygen atoms in total. The predicted octanol–water partition coefficient (Wildman–Crippen LogP) is 4.42. The lowest BCUT2D eigenvalue weighted by atomic mass is 9.99. The van der Waals surface area contributed by atoms with Crippen LogP contribution in [0.4, 0.5) is 5.69 Å². The Labute approximate surface area is 287 Å². The molecule has 3 aromatic carbocycles. The maximum absolute atomic E-state index is 14.4. The third-order valence-electron chi connectivity index (χ3n) is 9.42. The average Bonchev–Trinajstić information content (AvgIpc) is 3.69. The lowest BCUT2D eigenvalue weighted by Crippen LogP contribution is -2.47. The van der Waals surface area contributed by atoms with Crippen LogP contribution in [0.2, 0.25) is 0 Å². The number of amides is 2. The Balaban J connectivity index is 1.23. The Morgan fingerprint density at radius 2 is 1.61 bits per heavy atom. The Bertz CT molecular complexity index is 1920.